The molecule has 140 valence electrons. The number of furan rings is 1. The fourth-order valence-electron chi connectivity index (χ4n) is 3.16. The molecule has 6 heteroatoms. The zero-order valence-electron chi connectivity index (χ0n) is 15.1. The molecular formula is C22H16O6. The monoisotopic (exact) mass is 376 g/mol. The van der Waals surface area contributed by atoms with Gasteiger partial charge in [-0.3, -0.25) is 4.79 Å². The third-order valence-electron chi connectivity index (χ3n) is 4.66. The van der Waals surface area contributed by atoms with Crippen molar-refractivity contribution in [1.82, 2.24) is 0 Å². The van der Waals surface area contributed by atoms with Crippen LogP contribution in [0.5, 0.6) is 23.0 Å². The van der Waals surface area contributed by atoms with Crippen molar-refractivity contribution in [3.05, 3.63) is 65.9 Å². The van der Waals surface area contributed by atoms with Crippen molar-refractivity contribution < 1.29 is 28.2 Å². The number of ketones is 1. The zero-order chi connectivity index (χ0) is 19.1. The minimum Gasteiger partial charge on any atom is -0.456 e. The first-order chi connectivity index (χ1) is 13.7. The van der Waals surface area contributed by atoms with Gasteiger partial charge in [-0.2, -0.15) is 0 Å². The zero-order valence-corrected chi connectivity index (χ0v) is 15.1. The molecule has 0 amide bonds. The van der Waals surface area contributed by atoms with Gasteiger partial charge in [-0.1, -0.05) is 0 Å². The molecule has 0 saturated heterocycles. The minimum atomic E-state index is -0.128. The summed E-state index contributed by atoms with van der Waals surface area (Å²) in [6.45, 7) is 2.25. The van der Waals surface area contributed by atoms with Crippen LogP contribution in [-0.4, -0.2) is 19.4 Å². The van der Waals surface area contributed by atoms with Gasteiger partial charge in [0.2, 0.25) is 13.6 Å². The van der Waals surface area contributed by atoms with Gasteiger partial charge in [0.05, 0.1) is 0 Å². The highest BCUT2D eigenvalue weighted by atomic mass is 16.7. The SMILES string of the molecule is C/C(=C\C(=O)c1ccc2c(c1)OCO2)c1ccc(-c2ccc3c(c2)OCO3)o1. The summed E-state index contributed by atoms with van der Waals surface area (Å²) in [6, 6.07) is 14.5. The molecule has 0 bridgehead atoms. The summed E-state index contributed by atoms with van der Waals surface area (Å²) < 4.78 is 27.3. The van der Waals surface area contributed by atoms with Crippen molar-refractivity contribution in [2.24, 2.45) is 0 Å². The largest absolute Gasteiger partial charge is 0.456 e. The molecule has 2 aliphatic rings. The second-order valence-electron chi connectivity index (χ2n) is 6.49. The molecule has 28 heavy (non-hydrogen) atoms. The van der Waals surface area contributed by atoms with Crippen LogP contribution in [0.15, 0.2) is 59.0 Å². The summed E-state index contributed by atoms with van der Waals surface area (Å²) in [5.41, 5.74) is 2.14. The highest BCUT2D eigenvalue weighted by Crippen LogP contribution is 2.37. The molecule has 0 fully saturated rings. The molecule has 0 aliphatic carbocycles. The van der Waals surface area contributed by atoms with Crippen LogP contribution >= 0.6 is 0 Å². The van der Waals surface area contributed by atoms with E-state index in [0.29, 0.717) is 34.3 Å². The summed E-state index contributed by atoms with van der Waals surface area (Å²) in [7, 11) is 0. The van der Waals surface area contributed by atoms with Crippen molar-refractivity contribution in [1.29, 1.82) is 0 Å². The number of hydrogen-bond donors (Lipinski definition) is 0. The lowest BCUT2D eigenvalue weighted by molar-refractivity contribution is 0.104. The number of carbonyl (C=O) groups excluding carboxylic acids is 1. The van der Waals surface area contributed by atoms with Crippen LogP contribution < -0.4 is 18.9 Å². The summed E-state index contributed by atoms with van der Waals surface area (Å²) in [4.78, 5) is 12.6. The average Bonchev–Trinajstić information content (AvgIpc) is 3.46. The maximum Gasteiger partial charge on any atom is 0.231 e. The molecule has 5 rings (SSSR count). The van der Waals surface area contributed by atoms with Crippen LogP contribution in [0.25, 0.3) is 16.9 Å². The number of ether oxygens (including phenoxy) is 4. The van der Waals surface area contributed by atoms with E-state index in [1.807, 2.05) is 37.3 Å². The van der Waals surface area contributed by atoms with Crippen LogP contribution in [0, 0.1) is 0 Å². The number of hydrogen-bond acceptors (Lipinski definition) is 6. The van der Waals surface area contributed by atoms with Gasteiger partial charge in [0.15, 0.2) is 28.8 Å². The van der Waals surface area contributed by atoms with Crippen LogP contribution in [0.1, 0.15) is 23.0 Å². The Bertz CT molecular complexity index is 1110. The second-order valence-corrected chi connectivity index (χ2v) is 6.49. The molecule has 0 N–H and O–H groups in total. The summed E-state index contributed by atoms with van der Waals surface area (Å²) >= 11 is 0. The Hall–Kier alpha value is -3.67. The number of fused-ring (bicyclic) bond motifs is 2. The molecule has 6 nitrogen and oxygen atoms in total. The Morgan fingerprint density at radius 2 is 1.50 bits per heavy atom. The van der Waals surface area contributed by atoms with Gasteiger partial charge in [0.1, 0.15) is 11.5 Å². The van der Waals surface area contributed by atoms with Crippen LogP contribution in [0.3, 0.4) is 0 Å². The first-order valence-corrected chi connectivity index (χ1v) is 8.80. The average molecular weight is 376 g/mol. The minimum absolute atomic E-state index is 0.128. The van der Waals surface area contributed by atoms with E-state index in [0.717, 1.165) is 16.9 Å². The van der Waals surface area contributed by atoms with E-state index in [4.69, 9.17) is 23.4 Å². The molecule has 0 saturated carbocycles. The molecule has 1 aromatic heterocycles. The fourth-order valence-corrected chi connectivity index (χ4v) is 3.16. The number of rotatable bonds is 4. The van der Waals surface area contributed by atoms with Crippen molar-refractivity contribution in [2.75, 3.05) is 13.6 Å². The Morgan fingerprint density at radius 3 is 2.29 bits per heavy atom. The highest BCUT2D eigenvalue weighted by molar-refractivity contribution is 6.08. The predicted molar refractivity (Wildman–Crippen MR) is 101 cm³/mol. The second kappa shape index (κ2) is 6.49. The summed E-state index contributed by atoms with van der Waals surface area (Å²) in [6.07, 6.45) is 1.56. The van der Waals surface area contributed by atoms with Gasteiger partial charge >= 0.3 is 0 Å². The lowest BCUT2D eigenvalue weighted by Crippen LogP contribution is -1.95. The van der Waals surface area contributed by atoms with Crippen LogP contribution in [-0.2, 0) is 0 Å². The van der Waals surface area contributed by atoms with E-state index in [9.17, 15) is 4.79 Å². The lowest BCUT2D eigenvalue weighted by atomic mass is 10.1. The normalized spacial score (nSPS) is 14.4. The van der Waals surface area contributed by atoms with Gasteiger partial charge in [0.25, 0.3) is 0 Å². The smallest absolute Gasteiger partial charge is 0.231 e. The van der Waals surface area contributed by atoms with Crippen molar-refractivity contribution >= 4 is 11.4 Å². The van der Waals surface area contributed by atoms with E-state index in [1.54, 1.807) is 24.3 Å². The number of carbonyl (C=O) groups is 1. The van der Waals surface area contributed by atoms with Crippen molar-refractivity contribution in [2.45, 2.75) is 6.92 Å². The molecule has 0 atom stereocenters. The predicted octanol–water partition coefficient (Wildman–Crippen LogP) is 4.69. The first kappa shape index (κ1) is 16.5. The Morgan fingerprint density at radius 1 is 0.821 bits per heavy atom. The third-order valence-corrected chi connectivity index (χ3v) is 4.66. The van der Waals surface area contributed by atoms with E-state index in [-0.39, 0.29) is 19.4 Å². The van der Waals surface area contributed by atoms with Gasteiger partial charge in [-0.25, -0.2) is 0 Å². The Kier molecular flexibility index (Phi) is 3.83. The molecule has 0 unspecified atom stereocenters. The van der Waals surface area contributed by atoms with E-state index < -0.39 is 0 Å². The van der Waals surface area contributed by atoms with Crippen LogP contribution in [0.2, 0.25) is 0 Å². The third kappa shape index (κ3) is 2.89. The number of allylic oxidation sites excluding steroid dienone is 2. The van der Waals surface area contributed by atoms with Crippen molar-refractivity contribution in [3.63, 3.8) is 0 Å². The first-order valence-electron chi connectivity index (χ1n) is 8.80. The standard InChI is InChI=1S/C22H16O6/c1-13(8-16(23)14-2-4-19-21(9-14)26-11-24-19)17-6-7-18(28-17)15-3-5-20-22(10-15)27-12-25-20/h2-10H,11-12H2,1H3/b13-8+. The molecule has 2 aliphatic heterocycles. The summed E-state index contributed by atoms with van der Waals surface area (Å²) in [5, 5.41) is 0. The molecular weight excluding hydrogens is 360 g/mol. The van der Waals surface area contributed by atoms with E-state index in [1.165, 1.54) is 0 Å². The Balaban J connectivity index is 1.38. The Labute approximate surface area is 160 Å². The van der Waals surface area contributed by atoms with E-state index >= 15 is 0 Å². The molecule has 0 radical (unpaired) electrons. The number of benzene rings is 2. The molecule has 3 heterocycles. The van der Waals surface area contributed by atoms with Crippen LogP contribution in [0.4, 0.5) is 0 Å². The summed E-state index contributed by atoms with van der Waals surface area (Å²) in [5.74, 6) is 3.84. The molecule has 3 aromatic rings. The quantitative estimate of drug-likeness (QED) is 0.486. The van der Waals surface area contributed by atoms with Gasteiger partial charge in [0, 0.05) is 11.1 Å². The fraction of sp³-hybridized carbons (Fsp3) is 0.136. The topological polar surface area (TPSA) is 67.1 Å². The maximum absolute atomic E-state index is 12.6. The van der Waals surface area contributed by atoms with Crippen molar-refractivity contribution in [3.8, 4) is 34.3 Å². The van der Waals surface area contributed by atoms with Gasteiger partial charge in [-0.15, -0.1) is 0 Å². The van der Waals surface area contributed by atoms with Gasteiger partial charge in [-0.05, 0) is 67.1 Å². The van der Waals surface area contributed by atoms with Gasteiger partial charge < -0.3 is 23.4 Å². The lowest BCUT2D eigenvalue weighted by Gasteiger charge is -2.02. The molecule has 2 aromatic carbocycles. The molecule has 0 spiro atoms. The van der Waals surface area contributed by atoms with E-state index in [2.05, 4.69) is 0 Å². The maximum atomic E-state index is 12.6. The highest BCUT2D eigenvalue weighted by Gasteiger charge is 2.17.